The van der Waals surface area contributed by atoms with Gasteiger partial charge in [-0.3, -0.25) is 4.79 Å². The Kier molecular flexibility index (Phi) is 6.31. The molecule has 2 aromatic carbocycles. The van der Waals surface area contributed by atoms with Crippen LogP contribution in [0.4, 0.5) is 4.39 Å². The summed E-state index contributed by atoms with van der Waals surface area (Å²) in [5.41, 5.74) is 2.85. The SMILES string of the molecule is O=C(c1cccc2cc[nH]c12)N1CC(CN2CCC(c3ccc(F)cc3)CC2)[C@H](C2OCCO2)C1. The molecule has 1 aromatic heterocycles. The van der Waals surface area contributed by atoms with E-state index in [4.69, 9.17) is 9.47 Å². The van der Waals surface area contributed by atoms with Gasteiger partial charge in [-0.05, 0) is 67.6 Å². The number of ether oxygens (including phenoxy) is 2. The number of aromatic amines is 1. The lowest BCUT2D eigenvalue weighted by molar-refractivity contribution is -0.0924. The number of amides is 1. The van der Waals surface area contributed by atoms with Gasteiger partial charge in [0, 0.05) is 37.1 Å². The van der Waals surface area contributed by atoms with Crippen LogP contribution in [-0.4, -0.2) is 72.9 Å². The molecule has 35 heavy (non-hydrogen) atoms. The zero-order chi connectivity index (χ0) is 23.8. The normalized spacial score (nSPS) is 24.5. The maximum Gasteiger partial charge on any atom is 0.256 e. The number of likely N-dealkylation sites (tertiary alicyclic amines) is 2. The fourth-order valence-electron chi connectivity index (χ4n) is 6.14. The molecule has 3 saturated heterocycles. The van der Waals surface area contributed by atoms with Gasteiger partial charge < -0.3 is 24.3 Å². The molecule has 1 N–H and O–H groups in total. The number of benzene rings is 2. The van der Waals surface area contributed by atoms with Crippen LogP contribution < -0.4 is 0 Å². The molecule has 6 nitrogen and oxygen atoms in total. The molecule has 6 rings (SSSR count). The number of carbonyl (C=O) groups is 1. The monoisotopic (exact) mass is 477 g/mol. The second kappa shape index (κ2) is 9.72. The maximum atomic E-state index is 13.6. The van der Waals surface area contributed by atoms with E-state index in [-0.39, 0.29) is 23.9 Å². The highest BCUT2D eigenvalue weighted by Gasteiger charge is 2.43. The summed E-state index contributed by atoms with van der Waals surface area (Å²) < 4.78 is 25.1. The summed E-state index contributed by atoms with van der Waals surface area (Å²) in [4.78, 5) is 21.3. The van der Waals surface area contributed by atoms with Gasteiger partial charge in [-0.25, -0.2) is 4.39 Å². The lowest BCUT2D eigenvalue weighted by atomic mass is 9.88. The quantitative estimate of drug-likeness (QED) is 0.597. The Labute approximate surface area is 205 Å². The number of H-pyrrole nitrogens is 1. The fraction of sp³-hybridized carbons (Fsp3) is 0.464. The van der Waals surface area contributed by atoms with Gasteiger partial charge in [0.1, 0.15) is 5.82 Å². The first-order valence-electron chi connectivity index (χ1n) is 12.7. The third kappa shape index (κ3) is 4.60. The van der Waals surface area contributed by atoms with Crippen LogP contribution in [0.5, 0.6) is 0 Å². The fourth-order valence-corrected chi connectivity index (χ4v) is 6.14. The topological polar surface area (TPSA) is 57.8 Å². The maximum absolute atomic E-state index is 13.6. The second-order valence-corrected chi connectivity index (χ2v) is 10.1. The second-order valence-electron chi connectivity index (χ2n) is 10.1. The number of nitrogens with one attached hydrogen (secondary N) is 1. The standard InChI is InChI=1S/C28H32FN3O3/c29-23-6-4-19(5-7-23)20-9-12-31(13-10-20)16-22-17-32(18-25(22)28-34-14-15-35-28)27(33)24-3-1-2-21-8-11-30-26(21)24/h1-8,11,20,22,25,28,30H,9-10,12-18H2/t22?,25-/m1/s1. The van der Waals surface area contributed by atoms with E-state index in [1.165, 1.54) is 5.56 Å². The average molecular weight is 478 g/mol. The average Bonchev–Trinajstić information content (AvgIpc) is 3.65. The summed E-state index contributed by atoms with van der Waals surface area (Å²) in [6.45, 7) is 5.54. The molecule has 1 unspecified atom stereocenters. The van der Waals surface area contributed by atoms with Gasteiger partial charge in [0.15, 0.2) is 6.29 Å². The summed E-state index contributed by atoms with van der Waals surface area (Å²) in [7, 11) is 0. The highest BCUT2D eigenvalue weighted by Crippen LogP contribution is 2.35. The van der Waals surface area contributed by atoms with Crippen molar-refractivity contribution in [3.63, 3.8) is 0 Å². The Hall–Kier alpha value is -2.74. The van der Waals surface area contributed by atoms with Crippen LogP contribution in [0.2, 0.25) is 0 Å². The minimum absolute atomic E-state index is 0.0681. The summed E-state index contributed by atoms with van der Waals surface area (Å²) in [6.07, 6.45) is 3.77. The summed E-state index contributed by atoms with van der Waals surface area (Å²) in [5, 5.41) is 1.05. The lowest BCUT2D eigenvalue weighted by Crippen LogP contribution is -2.40. The van der Waals surface area contributed by atoms with Crippen molar-refractivity contribution in [2.75, 3.05) is 45.9 Å². The number of nitrogens with zero attached hydrogens (tertiary/aromatic N) is 2. The molecule has 2 atom stereocenters. The van der Waals surface area contributed by atoms with E-state index in [2.05, 4.69) is 9.88 Å². The van der Waals surface area contributed by atoms with Crippen LogP contribution in [0.25, 0.3) is 10.9 Å². The number of hydrogen-bond donors (Lipinski definition) is 1. The zero-order valence-electron chi connectivity index (χ0n) is 19.9. The molecule has 1 amide bonds. The van der Waals surface area contributed by atoms with Gasteiger partial charge in [0.05, 0.1) is 24.3 Å². The Morgan fingerprint density at radius 2 is 1.77 bits per heavy atom. The van der Waals surface area contributed by atoms with Gasteiger partial charge >= 0.3 is 0 Å². The minimum atomic E-state index is -0.240. The Morgan fingerprint density at radius 3 is 2.54 bits per heavy atom. The van der Waals surface area contributed by atoms with Crippen molar-refractivity contribution in [2.45, 2.75) is 25.0 Å². The number of aromatic nitrogens is 1. The van der Waals surface area contributed by atoms with E-state index in [1.54, 1.807) is 12.1 Å². The number of halogens is 1. The van der Waals surface area contributed by atoms with Crippen molar-refractivity contribution in [1.82, 2.24) is 14.8 Å². The van der Waals surface area contributed by atoms with Gasteiger partial charge in [-0.15, -0.1) is 0 Å². The molecule has 0 bridgehead atoms. The molecule has 3 aliphatic rings. The summed E-state index contributed by atoms with van der Waals surface area (Å²) in [5.74, 6) is 0.832. The van der Waals surface area contributed by atoms with Crippen molar-refractivity contribution in [3.05, 3.63) is 71.7 Å². The molecule has 7 heteroatoms. The van der Waals surface area contributed by atoms with Crippen molar-refractivity contribution < 1.29 is 18.7 Å². The molecule has 0 aliphatic carbocycles. The number of fused-ring (bicyclic) bond motifs is 1. The van der Waals surface area contributed by atoms with Crippen molar-refractivity contribution in [1.29, 1.82) is 0 Å². The summed E-state index contributed by atoms with van der Waals surface area (Å²) in [6, 6.07) is 14.8. The zero-order valence-corrected chi connectivity index (χ0v) is 19.9. The van der Waals surface area contributed by atoms with E-state index in [0.29, 0.717) is 38.1 Å². The molecular weight excluding hydrogens is 445 g/mol. The Bertz CT molecular complexity index is 1170. The van der Waals surface area contributed by atoms with Crippen LogP contribution in [0.15, 0.2) is 54.7 Å². The largest absolute Gasteiger partial charge is 0.361 e. The minimum Gasteiger partial charge on any atom is -0.361 e. The molecule has 0 radical (unpaired) electrons. The first kappa shape index (κ1) is 22.7. The van der Waals surface area contributed by atoms with Crippen LogP contribution in [0, 0.1) is 17.7 Å². The van der Waals surface area contributed by atoms with Crippen molar-refractivity contribution in [2.24, 2.45) is 11.8 Å². The Morgan fingerprint density at radius 1 is 1.00 bits per heavy atom. The number of rotatable bonds is 5. The van der Waals surface area contributed by atoms with Gasteiger partial charge in [0.2, 0.25) is 0 Å². The molecule has 4 heterocycles. The van der Waals surface area contributed by atoms with E-state index in [0.717, 1.165) is 48.9 Å². The summed E-state index contributed by atoms with van der Waals surface area (Å²) >= 11 is 0. The lowest BCUT2D eigenvalue weighted by Gasteiger charge is -2.35. The van der Waals surface area contributed by atoms with Gasteiger partial charge in [-0.1, -0.05) is 24.3 Å². The number of carbonyl (C=O) groups excluding carboxylic acids is 1. The van der Waals surface area contributed by atoms with Crippen LogP contribution >= 0.6 is 0 Å². The third-order valence-electron chi connectivity index (χ3n) is 8.02. The van der Waals surface area contributed by atoms with E-state index in [9.17, 15) is 9.18 Å². The number of piperidine rings is 1. The third-order valence-corrected chi connectivity index (χ3v) is 8.02. The molecule has 184 valence electrons. The Balaban J connectivity index is 1.14. The predicted octanol–water partition coefficient (Wildman–Crippen LogP) is 4.25. The van der Waals surface area contributed by atoms with Crippen molar-refractivity contribution >= 4 is 16.8 Å². The highest BCUT2D eigenvalue weighted by molar-refractivity contribution is 6.05. The predicted molar refractivity (Wildman–Crippen MR) is 132 cm³/mol. The molecule has 3 aromatic rings. The van der Waals surface area contributed by atoms with E-state index >= 15 is 0 Å². The van der Waals surface area contributed by atoms with Crippen LogP contribution in [-0.2, 0) is 9.47 Å². The molecule has 3 aliphatic heterocycles. The van der Waals surface area contributed by atoms with E-state index < -0.39 is 0 Å². The molecule has 0 spiro atoms. The van der Waals surface area contributed by atoms with E-state index in [1.807, 2.05) is 47.5 Å². The van der Waals surface area contributed by atoms with Crippen molar-refractivity contribution in [3.8, 4) is 0 Å². The van der Waals surface area contributed by atoms with Gasteiger partial charge in [0.25, 0.3) is 5.91 Å². The smallest absolute Gasteiger partial charge is 0.256 e. The first-order valence-corrected chi connectivity index (χ1v) is 12.7. The highest BCUT2D eigenvalue weighted by atomic mass is 19.1. The van der Waals surface area contributed by atoms with Gasteiger partial charge in [-0.2, -0.15) is 0 Å². The first-order chi connectivity index (χ1) is 17.2. The number of hydrogen-bond acceptors (Lipinski definition) is 4. The molecular formula is C28H32FN3O3. The number of para-hydroxylation sites is 1. The van der Waals surface area contributed by atoms with Crippen LogP contribution in [0.1, 0.15) is 34.7 Å². The van der Waals surface area contributed by atoms with Crippen LogP contribution in [0.3, 0.4) is 0 Å². The molecule has 3 fully saturated rings. The molecule has 0 saturated carbocycles.